The van der Waals surface area contributed by atoms with Crippen molar-refractivity contribution in [2.24, 2.45) is 0 Å². The largest absolute Gasteiger partial charge is 0.385 e. The molecule has 0 saturated carbocycles. The molecule has 144 valence electrons. The highest BCUT2D eigenvalue weighted by molar-refractivity contribution is 5.59. The molecule has 0 aliphatic carbocycles. The molecule has 29 heavy (non-hydrogen) atoms. The van der Waals surface area contributed by atoms with Crippen LogP contribution in [0.3, 0.4) is 0 Å². The van der Waals surface area contributed by atoms with Crippen LogP contribution in [0.2, 0.25) is 0 Å². The van der Waals surface area contributed by atoms with E-state index < -0.39 is 6.10 Å². The second kappa shape index (κ2) is 8.13. The summed E-state index contributed by atoms with van der Waals surface area (Å²) in [4.78, 5) is 8.42. The molecule has 1 atom stereocenters. The second-order valence-electron chi connectivity index (χ2n) is 6.79. The second-order valence-corrected chi connectivity index (χ2v) is 6.79. The van der Waals surface area contributed by atoms with Gasteiger partial charge in [0.05, 0.1) is 6.54 Å². The molecule has 0 bridgehead atoms. The van der Waals surface area contributed by atoms with Crippen LogP contribution in [-0.2, 0) is 6.54 Å². The lowest BCUT2D eigenvalue weighted by molar-refractivity contribution is 0.184. The van der Waals surface area contributed by atoms with Crippen molar-refractivity contribution in [1.82, 2.24) is 19.7 Å². The lowest BCUT2D eigenvalue weighted by atomic mass is 10.1. The van der Waals surface area contributed by atoms with Gasteiger partial charge in [-0.2, -0.15) is 0 Å². The van der Waals surface area contributed by atoms with Gasteiger partial charge in [-0.05, 0) is 50.2 Å². The van der Waals surface area contributed by atoms with Crippen molar-refractivity contribution in [1.29, 1.82) is 0 Å². The van der Waals surface area contributed by atoms with Gasteiger partial charge in [-0.1, -0.05) is 17.0 Å². The molecule has 0 spiro atoms. The summed E-state index contributed by atoms with van der Waals surface area (Å²) in [6.45, 7) is 4.12. The molecule has 1 aromatic carbocycles. The SMILES string of the molecule is Cc1ccc(C#Cc2ccc(-c3cc(Cn4ccnc4C(C)O)no3)cc2)cn1. The van der Waals surface area contributed by atoms with Gasteiger partial charge in [0.1, 0.15) is 17.6 Å². The molecule has 6 nitrogen and oxygen atoms in total. The molecule has 0 fully saturated rings. The number of aryl methyl sites for hydroxylation is 1. The fraction of sp³-hybridized carbons (Fsp3) is 0.174. The molecular weight excluding hydrogens is 364 g/mol. The summed E-state index contributed by atoms with van der Waals surface area (Å²) in [7, 11) is 0. The zero-order chi connectivity index (χ0) is 20.2. The maximum atomic E-state index is 9.77. The maximum Gasteiger partial charge on any atom is 0.167 e. The van der Waals surface area contributed by atoms with Gasteiger partial charge in [-0.3, -0.25) is 4.98 Å². The standard InChI is InChI=1S/C23H20N4O2/c1-16-3-4-19(14-25-16)6-5-18-7-9-20(10-8-18)22-13-21(26-29-22)15-27-12-11-24-23(27)17(2)28/h3-4,7-14,17,28H,15H2,1-2H3. The lowest BCUT2D eigenvalue weighted by Gasteiger charge is -2.07. The summed E-state index contributed by atoms with van der Waals surface area (Å²) in [6, 6.07) is 13.6. The molecule has 1 unspecified atom stereocenters. The van der Waals surface area contributed by atoms with Crippen LogP contribution in [0.1, 0.15) is 41.4 Å². The van der Waals surface area contributed by atoms with Crippen LogP contribution >= 0.6 is 0 Å². The summed E-state index contributed by atoms with van der Waals surface area (Å²) in [5.74, 6) is 7.53. The third kappa shape index (κ3) is 4.42. The highest BCUT2D eigenvalue weighted by Crippen LogP contribution is 2.22. The molecule has 0 radical (unpaired) electrons. The first-order valence-corrected chi connectivity index (χ1v) is 9.28. The zero-order valence-electron chi connectivity index (χ0n) is 16.2. The van der Waals surface area contributed by atoms with Crippen LogP contribution in [0.15, 0.2) is 65.6 Å². The number of imidazole rings is 1. The molecule has 1 N–H and O–H groups in total. The Morgan fingerprint density at radius 2 is 1.83 bits per heavy atom. The molecule has 6 heteroatoms. The fourth-order valence-corrected chi connectivity index (χ4v) is 2.92. The van der Waals surface area contributed by atoms with Gasteiger partial charge in [-0.25, -0.2) is 4.98 Å². The number of pyridine rings is 1. The average molecular weight is 384 g/mol. The Morgan fingerprint density at radius 3 is 2.55 bits per heavy atom. The van der Waals surface area contributed by atoms with E-state index in [2.05, 4.69) is 27.0 Å². The highest BCUT2D eigenvalue weighted by Gasteiger charge is 2.12. The van der Waals surface area contributed by atoms with Crippen LogP contribution in [0.25, 0.3) is 11.3 Å². The zero-order valence-corrected chi connectivity index (χ0v) is 16.2. The average Bonchev–Trinajstić information content (AvgIpc) is 3.38. The summed E-state index contributed by atoms with van der Waals surface area (Å²) in [6.07, 6.45) is 4.61. The summed E-state index contributed by atoms with van der Waals surface area (Å²) in [5, 5.41) is 13.9. The highest BCUT2D eigenvalue weighted by atomic mass is 16.5. The molecule has 3 aromatic heterocycles. The maximum absolute atomic E-state index is 9.77. The Balaban J connectivity index is 1.47. The van der Waals surface area contributed by atoms with Crippen LogP contribution in [-0.4, -0.2) is 24.8 Å². The van der Waals surface area contributed by atoms with E-state index in [4.69, 9.17) is 4.52 Å². The minimum absolute atomic E-state index is 0.484. The monoisotopic (exact) mass is 384 g/mol. The third-order valence-corrected chi connectivity index (χ3v) is 4.44. The molecule has 4 rings (SSSR count). The lowest BCUT2D eigenvalue weighted by Crippen LogP contribution is -2.07. The van der Waals surface area contributed by atoms with Crippen LogP contribution in [0.4, 0.5) is 0 Å². The molecular formula is C23H20N4O2. The van der Waals surface area contributed by atoms with E-state index in [1.54, 1.807) is 19.3 Å². The number of nitrogens with zero attached hydrogens (tertiary/aromatic N) is 4. The predicted molar refractivity (Wildman–Crippen MR) is 109 cm³/mol. The summed E-state index contributed by atoms with van der Waals surface area (Å²) < 4.78 is 7.34. The molecule has 4 aromatic rings. The summed E-state index contributed by atoms with van der Waals surface area (Å²) in [5.41, 5.74) is 4.45. The Morgan fingerprint density at radius 1 is 1.07 bits per heavy atom. The van der Waals surface area contributed by atoms with E-state index in [0.717, 1.165) is 28.1 Å². The molecule has 0 saturated heterocycles. The van der Waals surface area contributed by atoms with Gasteiger partial charge >= 0.3 is 0 Å². The van der Waals surface area contributed by atoms with Crippen molar-refractivity contribution in [3.8, 4) is 23.2 Å². The van der Waals surface area contributed by atoms with Crippen LogP contribution < -0.4 is 0 Å². The first kappa shape index (κ1) is 18.7. The van der Waals surface area contributed by atoms with Gasteiger partial charge in [0.25, 0.3) is 0 Å². The number of aromatic nitrogens is 4. The smallest absolute Gasteiger partial charge is 0.167 e. The minimum Gasteiger partial charge on any atom is -0.385 e. The first-order chi connectivity index (χ1) is 14.1. The number of hydrogen-bond donors (Lipinski definition) is 1. The van der Waals surface area contributed by atoms with E-state index in [0.29, 0.717) is 18.1 Å². The van der Waals surface area contributed by atoms with E-state index in [1.165, 1.54) is 0 Å². The van der Waals surface area contributed by atoms with Gasteiger partial charge in [0.2, 0.25) is 0 Å². The van der Waals surface area contributed by atoms with Gasteiger partial charge in [-0.15, -0.1) is 0 Å². The van der Waals surface area contributed by atoms with Gasteiger partial charge < -0.3 is 14.2 Å². The Bertz CT molecular complexity index is 1160. The topological polar surface area (TPSA) is 77.0 Å². The number of hydrogen-bond acceptors (Lipinski definition) is 5. The van der Waals surface area contributed by atoms with Crippen molar-refractivity contribution >= 4 is 0 Å². The number of aliphatic hydroxyl groups excluding tert-OH is 1. The van der Waals surface area contributed by atoms with Crippen molar-refractivity contribution < 1.29 is 9.63 Å². The first-order valence-electron chi connectivity index (χ1n) is 9.28. The Kier molecular flexibility index (Phi) is 5.23. The molecule has 3 heterocycles. The van der Waals surface area contributed by atoms with E-state index in [-0.39, 0.29) is 0 Å². The third-order valence-electron chi connectivity index (χ3n) is 4.44. The number of rotatable bonds is 4. The van der Waals surface area contributed by atoms with Crippen molar-refractivity contribution in [2.75, 3.05) is 0 Å². The minimum atomic E-state index is -0.638. The molecule has 0 aliphatic rings. The van der Waals surface area contributed by atoms with Gasteiger partial charge in [0, 0.05) is 47.0 Å². The van der Waals surface area contributed by atoms with Crippen molar-refractivity contribution in [3.05, 3.63) is 89.4 Å². The Hall–Kier alpha value is -3.69. The van der Waals surface area contributed by atoms with Crippen molar-refractivity contribution in [3.63, 3.8) is 0 Å². The predicted octanol–water partition coefficient (Wildman–Crippen LogP) is 3.74. The molecule has 0 aliphatic heterocycles. The van der Waals surface area contributed by atoms with Crippen molar-refractivity contribution in [2.45, 2.75) is 26.5 Å². The van der Waals surface area contributed by atoms with E-state index >= 15 is 0 Å². The summed E-state index contributed by atoms with van der Waals surface area (Å²) >= 11 is 0. The number of benzene rings is 1. The number of aliphatic hydroxyl groups is 1. The quantitative estimate of drug-likeness (QED) is 0.543. The Labute approximate surface area is 168 Å². The molecule has 0 amide bonds. The fourth-order valence-electron chi connectivity index (χ4n) is 2.92. The van der Waals surface area contributed by atoms with Crippen LogP contribution in [0, 0.1) is 18.8 Å². The van der Waals surface area contributed by atoms with Gasteiger partial charge in [0.15, 0.2) is 5.76 Å². The van der Waals surface area contributed by atoms with Crippen LogP contribution in [0.5, 0.6) is 0 Å². The van der Waals surface area contributed by atoms with E-state index in [9.17, 15) is 5.11 Å². The normalized spacial score (nSPS) is 11.7. The van der Waals surface area contributed by atoms with E-state index in [1.807, 2.05) is 60.2 Å².